The average molecular weight is 654 g/mol. The number of hydrogen-bond acceptors (Lipinski definition) is 5. The zero-order valence-electron chi connectivity index (χ0n) is 28.2. The molecule has 240 valence electrons. The minimum absolute atomic E-state index is 0.267. The van der Waals surface area contributed by atoms with Gasteiger partial charge in [0, 0.05) is 33.1 Å². The number of hydrogen-bond donors (Lipinski definition) is 0. The second-order valence-electron chi connectivity index (χ2n) is 13.5. The second kappa shape index (κ2) is 12.0. The fraction of sp³-hybridized carbons (Fsp3) is 0.0652. The molecule has 2 aromatic heterocycles. The maximum atomic E-state index is 9.64. The van der Waals surface area contributed by atoms with E-state index in [9.17, 15) is 5.26 Å². The molecule has 0 atom stereocenters. The van der Waals surface area contributed by atoms with Crippen molar-refractivity contribution < 1.29 is 0 Å². The van der Waals surface area contributed by atoms with Crippen molar-refractivity contribution in [2.45, 2.75) is 19.3 Å². The highest BCUT2D eigenvalue weighted by molar-refractivity contribution is 5.87. The van der Waals surface area contributed by atoms with E-state index in [-0.39, 0.29) is 5.41 Å². The lowest BCUT2D eigenvalue weighted by molar-refractivity contribution is 0.660. The van der Waals surface area contributed by atoms with Crippen LogP contribution in [0, 0.1) is 11.3 Å². The van der Waals surface area contributed by atoms with Crippen molar-refractivity contribution in [2.24, 2.45) is 0 Å². The molecule has 8 aromatic rings. The molecule has 51 heavy (non-hydrogen) atoms. The maximum Gasteiger partial charge on any atom is 0.164 e. The molecule has 5 heteroatoms. The number of rotatable bonds is 5. The third-order valence-corrected chi connectivity index (χ3v) is 9.92. The zero-order valence-corrected chi connectivity index (χ0v) is 28.2. The lowest BCUT2D eigenvalue weighted by Gasteiger charge is -2.22. The van der Waals surface area contributed by atoms with Crippen molar-refractivity contribution in [3.05, 3.63) is 168 Å². The fourth-order valence-corrected chi connectivity index (χ4v) is 7.22. The smallest absolute Gasteiger partial charge is 0.164 e. The molecular weight excluding hydrogens is 623 g/mol. The van der Waals surface area contributed by atoms with Crippen LogP contribution in [0.25, 0.3) is 78.6 Å². The van der Waals surface area contributed by atoms with Crippen LogP contribution in [-0.4, -0.2) is 19.9 Å². The van der Waals surface area contributed by atoms with Gasteiger partial charge in [0.25, 0.3) is 0 Å². The Labute approximate surface area is 296 Å². The highest BCUT2D eigenvalue weighted by Crippen LogP contribution is 2.50. The van der Waals surface area contributed by atoms with Gasteiger partial charge in [-0.2, -0.15) is 5.26 Å². The molecule has 0 saturated heterocycles. The molecule has 0 amide bonds. The Bertz CT molecular complexity index is 2620. The van der Waals surface area contributed by atoms with Crippen LogP contribution in [0.1, 0.15) is 30.5 Å². The molecule has 0 aliphatic heterocycles. The van der Waals surface area contributed by atoms with Gasteiger partial charge in [-0.05, 0) is 81.9 Å². The molecule has 0 unspecified atom stereocenters. The van der Waals surface area contributed by atoms with Crippen molar-refractivity contribution in [1.82, 2.24) is 19.9 Å². The summed E-state index contributed by atoms with van der Waals surface area (Å²) in [5, 5.41) is 10.7. The van der Waals surface area contributed by atoms with Gasteiger partial charge in [-0.25, -0.2) is 19.9 Å². The summed E-state index contributed by atoms with van der Waals surface area (Å²) < 4.78 is 0. The van der Waals surface area contributed by atoms with Crippen LogP contribution in [0.15, 0.2) is 152 Å². The van der Waals surface area contributed by atoms with Crippen molar-refractivity contribution in [3.8, 4) is 73.7 Å². The number of fused-ring (bicyclic) bond motifs is 4. The Morgan fingerprint density at radius 1 is 0.451 bits per heavy atom. The van der Waals surface area contributed by atoms with Gasteiger partial charge >= 0.3 is 0 Å². The van der Waals surface area contributed by atoms with Crippen LogP contribution in [-0.2, 0) is 5.41 Å². The summed E-state index contributed by atoms with van der Waals surface area (Å²) in [6.07, 6.45) is 0. The van der Waals surface area contributed by atoms with Crippen molar-refractivity contribution in [1.29, 1.82) is 5.26 Å². The molecular formula is C46H31N5. The van der Waals surface area contributed by atoms with E-state index in [1.165, 1.54) is 22.3 Å². The molecule has 0 spiro atoms. The predicted octanol–water partition coefficient (Wildman–Crippen LogP) is 10.9. The first-order valence-electron chi connectivity index (χ1n) is 17.0. The van der Waals surface area contributed by atoms with Gasteiger partial charge in [0.1, 0.15) is 0 Å². The number of pyridine rings is 1. The normalized spacial score (nSPS) is 12.6. The van der Waals surface area contributed by atoms with Crippen LogP contribution in [0.3, 0.4) is 0 Å². The lowest BCUT2D eigenvalue weighted by atomic mass is 9.81. The molecule has 0 fully saturated rings. The van der Waals surface area contributed by atoms with Gasteiger partial charge in [0.2, 0.25) is 0 Å². The minimum atomic E-state index is -0.267. The first kappa shape index (κ1) is 30.3. The number of aromatic nitrogens is 4. The maximum absolute atomic E-state index is 9.64. The Morgan fingerprint density at radius 2 is 1.02 bits per heavy atom. The highest BCUT2D eigenvalue weighted by Gasteiger charge is 2.36. The molecule has 9 rings (SSSR count). The molecule has 0 bridgehead atoms. The van der Waals surface area contributed by atoms with Crippen LogP contribution < -0.4 is 0 Å². The van der Waals surface area contributed by atoms with Crippen molar-refractivity contribution in [3.63, 3.8) is 0 Å². The number of para-hydroxylation sites is 1. The van der Waals surface area contributed by atoms with Gasteiger partial charge < -0.3 is 0 Å². The van der Waals surface area contributed by atoms with Gasteiger partial charge in [0.05, 0.1) is 22.8 Å². The summed E-state index contributed by atoms with van der Waals surface area (Å²) in [6.45, 7) is 4.48. The number of nitriles is 1. The van der Waals surface area contributed by atoms with E-state index in [4.69, 9.17) is 19.9 Å². The zero-order chi connectivity index (χ0) is 34.5. The minimum Gasteiger partial charge on any atom is -0.248 e. The Morgan fingerprint density at radius 3 is 1.71 bits per heavy atom. The van der Waals surface area contributed by atoms with Gasteiger partial charge in [-0.1, -0.05) is 117 Å². The molecule has 0 saturated carbocycles. The summed E-state index contributed by atoms with van der Waals surface area (Å²) in [6, 6.07) is 54.1. The largest absolute Gasteiger partial charge is 0.248 e. The summed E-state index contributed by atoms with van der Waals surface area (Å²) in [7, 11) is 0. The van der Waals surface area contributed by atoms with E-state index in [0.29, 0.717) is 23.0 Å². The van der Waals surface area contributed by atoms with Crippen LogP contribution in [0.5, 0.6) is 0 Å². The Hall–Kier alpha value is -6.77. The second-order valence-corrected chi connectivity index (χ2v) is 13.5. The lowest BCUT2D eigenvalue weighted by Crippen LogP contribution is -2.15. The van der Waals surface area contributed by atoms with E-state index in [1.807, 2.05) is 91.0 Å². The van der Waals surface area contributed by atoms with Crippen molar-refractivity contribution in [2.75, 3.05) is 0 Å². The highest BCUT2D eigenvalue weighted by atomic mass is 15.0. The molecule has 5 nitrogen and oxygen atoms in total. The Balaban J connectivity index is 1.25. The summed E-state index contributed by atoms with van der Waals surface area (Å²) >= 11 is 0. The topological polar surface area (TPSA) is 75.3 Å². The average Bonchev–Trinajstić information content (AvgIpc) is 3.42. The van der Waals surface area contributed by atoms with E-state index in [1.54, 1.807) is 0 Å². The van der Waals surface area contributed by atoms with E-state index >= 15 is 0 Å². The van der Waals surface area contributed by atoms with Gasteiger partial charge in [0.15, 0.2) is 17.5 Å². The third-order valence-electron chi connectivity index (χ3n) is 9.92. The van der Waals surface area contributed by atoms with E-state index < -0.39 is 0 Å². The summed E-state index contributed by atoms with van der Waals surface area (Å²) in [4.78, 5) is 20.2. The summed E-state index contributed by atoms with van der Waals surface area (Å²) in [5.74, 6) is 1.82. The third kappa shape index (κ3) is 5.35. The van der Waals surface area contributed by atoms with Gasteiger partial charge in [-0.15, -0.1) is 0 Å². The molecule has 1 aliphatic rings. The SMILES string of the molecule is CC1(C)c2cc(C#N)ccc2-c2ccc(-c3cc(-c4ccc5ccccc5n4)cc(-c4nc(-c5ccccc5)nc(-c5ccccc5)n4)c3)cc21. The summed E-state index contributed by atoms with van der Waals surface area (Å²) in [5.41, 5.74) is 12.8. The monoisotopic (exact) mass is 653 g/mol. The van der Waals surface area contributed by atoms with E-state index in [0.717, 1.165) is 50.0 Å². The van der Waals surface area contributed by atoms with Crippen LogP contribution in [0.4, 0.5) is 0 Å². The molecule has 6 aromatic carbocycles. The van der Waals surface area contributed by atoms with Crippen molar-refractivity contribution >= 4 is 10.9 Å². The fourth-order valence-electron chi connectivity index (χ4n) is 7.22. The standard InChI is InChI=1S/C46H31N5/c1-46(2)39-23-29(28-47)17-20-37(39)38-21-18-33(27-40(38)46)34-24-35(42-22-19-30-11-9-10-16-41(30)48-42)26-36(25-34)45-50-43(31-12-5-3-6-13-31)49-44(51-45)32-14-7-4-8-15-32/h3-27H,1-2H3. The Kier molecular flexibility index (Phi) is 7.12. The predicted molar refractivity (Wildman–Crippen MR) is 205 cm³/mol. The molecule has 0 N–H and O–H groups in total. The van der Waals surface area contributed by atoms with E-state index in [2.05, 4.69) is 80.6 Å². The molecule has 0 radical (unpaired) electrons. The molecule has 2 heterocycles. The van der Waals surface area contributed by atoms with Gasteiger partial charge in [-0.3, -0.25) is 0 Å². The quantitative estimate of drug-likeness (QED) is 0.185. The first-order chi connectivity index (χ1) is 24.9. The number of nitrogens with zero attached hydrogens (tertiary/aromatic N) is 5. The molecule has 1 aliphatic carbocycles. The number of benzene rings is 6. The first-order valence-corrected chi connectivity index (χ1v) is 17.0. The van der Waals surface area contributed by atoms with Crippen LogP contribution >= 0.6 is 0 Å². The van der Waals surface area contributed by atoms with Crippen LogP contribution in [0.2, 0.25) is 0 Å².